The van der Waals surface area contributed by atoms with E-state index in [1.54, 1.807) is 6.08 Å². The molecular formula is C8H10O2. The van der Waals surface area contributed by atoms with Crippen LogP contribution >= 0.6 is 0 Å². The highest BCUT2D eigenvalue weighted by Gasteiger charge is 2.16. The zero-order valence-corrected chi connectivity index (χ0v) is 6.02. The van der Waals surface area contributed by atoms with Gasteiger partial charge < -0.3 is 0 Å². The van der Waals surface area contributed by atoms with E-state index in [0.29, 0.717) is 12.0 Å². The molecule has 0 bridgehead atoms. The van der Waals surface area contributed by atoms with Crippen molar-refractivity contribution in [1.82, 2.24) is 0 Å². The molecule has 0 aromatic heterocycles. The summed E-state index contributed by atoms with van der Waals surface area (Å²) >= 11 is 0. The molecule has 0 radical (unpaired) electrons. The molecule has 1 aliphatic rings. The molecule has 0 aromatic carbocycles. The van der Waals surface area contributed by atoms with E-state index >= 15 is 0 Å². The fourth-order valence-electron chi connectivity index (χ4n) is 1.10. The average Bonchev–Trinajstić information content (AvgIpc) is 1.88. The zero-order valence-electron chi connectivity index (χ0n) is 6.02. The van der Waals surface area contributed by atoms with E-state index in [9.17, 15) is 9.59 Å². The van der Waals surface area contributed by atoms with Crippen LogP contribution in [0.2, 0.25) is 0 Å². The van der Waals surface area contributed by atoms with Crippen LogP contribution in [0.4, 0.5) is 0 Å². The van der Waals surface area contributed by atoms with Crippen LogP contribution in [-0.2, 0) is 9.59 Å². The normalized spacial score (nSPS) is 18.5. The Balaban J connectivity index is 2.81. The molecule has 0 heterocycles. The highest BCUT2D eigenvalue weighted by Crippen LogP contribution is 2.13. The molecule has 0 aromatic rings. The molecule has 10 heavy (non-hydrogen) atoms. The second kappa shape index (κ2) is 2.78. The van der Waals surface area contributed by atoms with Gasteiger partial charge >= 0.3 is 0 Å². The summed E-state index contributed by atoms with van der Waals surface area (Å²) in [7, 11) is 0. The van der Waals surface area contributed by atoms with Gasteiger partial charge in [0.2, 0.25) is 0 Å². The summed E-state index contributed by atoms with van der Waals surface area (Å²) in [5.41, 5.74) is 0.409. The van der Waals surface area contributed by atoms with E-state index in [-0.39, 0.29) is 11.6 Å². The lowest BCUT2D eigenvalue weighted by molar-refractivity contribution is -0.120. The summed E-state index contributed by atoms with van der Waals surface area (Å²) in [6.07, 6.45) is 4.07. The molecule has 0 spiro atoms. The molecule has 0 aliphatic heterocycles. The Kier molecular flexibility index (Phi) is 2.00. The number of hydrogen-bond acceptors (Lipinski definition) is 2. The van der Waals surface area contributed by atoms with E-state index in [4.69, 9.17) is 0 Å². The van der Waals surface area contributed by atoms with E-state index in [0.717, 1.165) is 12.8 Å². The standard InChI is InChI=1S/C8H10O2/c1-6(9)7-4-2-3-5-8(7)10/h4H,2-3,5H2,1H3. The smallest absolute Gasteiger partial charge is 0.166 e. The first-order chi connectivity index (χ1) is 4.72. The Labute approximate surface area is 59.9 Å². The van der Waals surface area contributed by atoms with Gasteiger partial charge in [0.05, 0.1) is 5.57 Å². The Bertz CT molecular complexity index is 201. The van der Waals surface area contributed by atoms with Gasteiger partial charge in [0.1, 0.15) is 0 Å². The second-order valence-electron chi connectivity index (χ2n) is 2.49. The second-order valence-corrected chi connectivity index (χ2v) is 2.49. The molecule has 0 saturated carbocycles. The number of hydrogen-bond donors (Lipinski definition) is 0. The molecular weight excluding hydrogens is 128 g/mol. The SMILES string of the molecule is CC(=O)C1=CCCCC1=O. The van der Waals surface area contributed by atoms with Gasteiger partial charge in [0.15, 0.2) is 11.6 Å². The van der Waals surface area contributed by atoms with E-state index in [1.807, 2.05) is 0 Å². The number of Topliss-reactive ketones (excluding diaryl/α,β-unsaturated/α-hetero) is 2. The van der Waals surface area contributed by atoms with E-state index in [1.165, 1.54) is 6.92 Å². The number of carbonyl (C=O) groups excluding carboxylic acids is 2. The van der Waals surface area contributed by atoms with E-state index in [2.05, 4.69) is 0 Å². The van der Waals surface area contributed by atoms with Crippen LogP contribution in [-0.4, -0.2) is 11.6 Å². The summed E-state index contributed by atoms with van der Waals surface area (Å²) in [6.45, 7) is 1.44. The summed E-state index contributed by atoms with van der Waals surface area (Å²) < 4.78 is 0. The van der Waals surface area contributed by atoms with Crippen LogP contribution in [0.1, 0.15) is 26.2 Å². The summed E-state index contributed by atoms with van der Waals surface area (Å²) in [6, 6.07) is 0. The Hall–Kier alpha value is -0.920. The first kappa shape index (κ1) is 7.19. The van der Waals surface area contributed by atoms with Crippen LogP contribution in [0.15, 0.2) is 11.6 Å². The highest BCUT2D eigenvalue weighted by atomic mass is 16.1. The van der Waals surface area contributed by atoms with E-state index < -0.39 is 0 Å². The van der Waals surface area contributed by atoms with Gasteiger partial charge in [-0.25, -0.2) is 0 Å². The summed E-state index contributed by atoms with van der Waals surface area (Å²) in [5, 5.41) is 0. The Morgan fingerprint density at radius 2 is 2.30 bits per heavy atom. The van der Waals surface area contributed by atoms with Crippen molar-refractivity contribution in [3.05, 3.63) is 11.6 Å². The van der Waals surface area contributed by atoms with Crippen molar-refractivity contribution in [2.24, 2.45) is 0 Å². The zero-order chi connectivity index (χ0) is 7.56. The first-order valence-electron chi connectivity index (χ1n) is 3.46. The monoisotopic (exact) mass is 138 g/mol. The van der Waals surface area contributed by atoms with Gasteiger partial charge in [-0.3, -0.25) is 9.59 Å². The molecule has 0 amide bonds. The molecule has 1 rings (SSSR count). The molecule has 1 aliphatic carbocycles. The van der Waals surface area contributed by atoms with Crippen molar-refractivity contribution >= 4 is 11.6 Å². The van der Waals surface area contributed by atoms with Gasteiger partial charge in [0, 0.05) is 6.42 Å². The third-order valence-corrected chi connectivity index (χ3v) is 1.64. The maximum absolute atomic E-state index is 10.9. The Morgan fingerprint density at radius 1 is 1.60 bits per heavy atom. The highest BCUT2D eigenvalue weighted by molar-refractivity contribution is 6.19. The lowest BCUT2D eigenvalue weighted by Gasteiger charge is -2.07. The van der Waals surface area contributed by atoms with Gasteiger partial charge in [-0.1, -0.05) is 6.08 Å². The molecule has 0 N–H and O–H groups in total. The van der Waals surface area contributed by atoms with Crippen molar-refractivity contribution in [1.29, 1.82) is 0 Å². The van der Waals surface area contributed by atoms with Crippen molar-refractivity contribution in [2.75, 3.05) is 0 Å². The van der Waals surface area contributed by atoms with Crippen LogP contribution in [0, 0.1) is 0 Å². The predicted molar refractivity (Wildman–Crippen MR) is 37.6 cm³/mol. The van der Waals surface area contributed by atoms with Crippen LogP contribution in [0.3, 0.4) is 0 Å². The van der Waals surface area contributed by atoms with Crippen molar-refractivity contribution < 1.29 is 9.59 Å². The van der Waals surface area contributed by atoms with Crippen LogP contribution in [0.5, 0.6) is 0 Å². The third kappa shape index (κ3) is 1.32. The fourth-order valence-corrected chi connectivity index (χ4v) is 1.10. The minimum atomic E-state index is -0.0929. The van der Waals surface area contributed by atoms with Crippen LogP contribution in [0.25, 0.3) is 0 Å². The number of ketones is 2. The lowest BCUT2D eigenvalue weighted by atomic mass is 9.96. The van der Waals surface area contributed by atoms with Gasteiger partial charge in [-0.05, 0) is 19.8 Å². The van der Waals surface area contributed by atoms with Crippen molar-refractivity contribution in [3.8, 4) is 0 Å². The number of allylic oxidation sites excluding steroid dienone is 2. The summed E-state index contributed by atoms with van der Waals surface area (Å²) in [4.78, 5) is 21.7. The predicted octanol–water partition coefficient (Wildman–Crippen LogP) is 1.25. The third-order valence-electron chi connectivity index (χ3n) is 1.64. The summed E-state index contributed by atoms with van der Waals surface area (Å²) in [5.74, 6) is -0.0801. The molecule has 2 nitrogen and oxygen atoms in total. The molecule has 0 atom stereocenters. The van der Waals surface area contributed by atoms with Crippen molar-refractivity contribution in [2.45, 2.75) is 26.2 Å². The molecule has 0 saturated heterocycles. The number of rotatable bonds is 1. The molecule has 0 unspecified atom stereocenters. The quantitative estimate of drug-likeness (QED) is 0.511. The maximum Gasteiger partial charge on any atom is 0.166 e. The largest absolute Gasteiger partial charge is 0.294 e. The minimum absolute atomic E-state index is 0.0127. The topological polar surface area (TPSA) is 34.1 Å². The first-order valence-corrected chi connectivity index (χ1v) is 3.46. The van der Waals surface area contributed by atoms with Gasteiger partial charge in [0.25, 0.3) is 0 Å². The van der Waals surface area contributed by atoms with Gasteiger partial charge in [-0.2, -0.15) is 0 Å². The Morgan fingerprint density at radius 3 is 2.70 bits per heavy atom. The molecule has 0 fully saturated rings. The van der Waals surface area contributed by atoms with Crippen molar-refractivity contribution in [3.63, 3.8) is 0 Å². The molecule has 2 heteroatoms. The maximum atomic E-state index is 10.9. The number of carbonyl (C=O) groups is 2. The fraction of sp³-hybridized carbons (Fsp3) is 0.500. The average molecular weight is 138 g/mol. The molecule has 54 valence electrons. The van der Waals surface area contributed by atoms with Crippen LogP contribution < -0.4 is 0 Å². The lowest BCUT2D eigenvalue weighted by Crippen LogP contribution is -2.12. The van der Waals surface area contributed by atoms with Gasteiger partial charge in [-0.15, -0.1) is 0 Å². The minimum Gasteiger partial charge on any atom is -0.294 e.